The van der Waals surface area contributed by atoms with Crippen LogP contribution in [0.1, 0.15) is 50.2 Å². The molecule has 1 aliphatic rings. The molecule has 2 N–H and O–H groups in total. The van der Waals surface area contributed by atoms with Gasteiger partial charge in [0.2, 0.25) is 5.88 Å². The third-order valence-corrected chi connectivity index (χ3v) is 4.91. The summed E-state index contributed by atoms with van der Waals surface area (Å²) in [4.78, 5) is 14.9. The Morgan fingerprint density at radius 2 is 1.85 bits per heavy atom. The molecule has 1 fully saturated rings. The summed E-state index contributed by atoms with van der Waals surface area (Å²) in [6, 6.07) is 7.76. The quantitative estimate of drug-likeness (QED) is 0.636. The summed E-state index contributed by atoms with van der Waals surface area (Å²) in [5.74, 6) is 0.213. The van der Waals surface area contributed by atoms with Crippen molar-refractivity contribution in [2.45, 2.75) is 39.0 Å². The van der Waals surface area contributed by atoms with Crippen molar-refractivity contribution in [3.63, 3.8) is 0 Å². The normalized spacial score (nSPS) is 15.1. The molecule has 3 rings (SSSR count). The number of hydrazone groups is 1. The smallest absolute Gasteiger partial charge is 0.264 e. The second kappa shape index (κ2) is 7.86. The minimum absolute atomic E-state index is 0.108. The van der Waals surface area contributed by atoms with Crippen molar-refractivity contribution in [2.24, 2.45) is 5.10 Å². The Kier molecular flexibility index (Phi) is 5.56. The maximum Gasteiger partial charge on any atom is 0.264 e. The molecular formula is C19H24N4O2S. The van der Waals surface area contributed by atoms with E-state index < -0.39 is 5.56 Å². The summed E-state index contributed by atoms with van der Waals surface area (Å²) in [5.41, 5.74) is 1.55. The number of hydrogen-bond acceptors (Lipinski definition) is 5. The van der Waals surface area contributed by atoms with E-state index in [0.29, 0.717) is 11.6 Å². The van der Waals surface area contributed by atoms with Crippen molar-refractivity contribution in [3.05, 3.63) is 50.5 Å². The van der Waals surface area contributed by atoms with Crippen LogP contribution in [0.3, 0.4) is 0 Å². The summed E-state index contributed by atoms with van der Waals surface area (Å²) in [7, 11) is 0. The molecule has 7 heteroatoms. The lowest BCUT2D eigenvalue weighted by atomic mass is 10.0. The van der Waals surface area contributed by atoms with E-state index in [1.54, 1.807) is 0 Å². The summed E-state index contributed by atoms with van der Waals surface area (Å²) in [6.45, 7) is 5.97. The fraction of sp³-hybridized carbons (Fsp3) is 0.421. The standard InChI is InChI=1S/C19H24N4O2S/c1-13(2)14-6-8-15(9-7-14)23-18(25)16(17(24)21-19(23)26)12-20-22-10-4-3-5-11-22/h6-9,12-13,25H,3-5,10-11H2,1-2H3,(H,21,24,26)/b20-12+. The highest BCUT2D eigenvalue weighted by Crippen LogP contribution is 2.21. The Hall–Kier alpha value is -2.41. The molecular weight excluding hydrogens is 348 g/mol. The predicted molar refractivity (Wildman–Crippen MR) is 106 cm³/mol. The van der Waals surface area contributed by atoms with Crippen molar-refractivity contribution in [3.8, 4) is 11.6 Å². The zero-order valence-corrected chi connectivity index (χ0v) is 15.9. The summed E-state index contributed by atoms with van der Waals surface area (Å²) in [5, 5.41) is 17.0. The number of piperidine rings is 1. The highest BCUT2D eigenvalue weighted by Gasteiger charge is 2.14. The topological polar surface area (TPSA) is 73.6 Å². The SMILES string of the molecule is CC(C)c1ccc(-n2c(O)c(/C=N/N3CCCCC3)c(=O)[nH]c2=S)cc1. The number of rotatable bonds is 4. The molecule has 0 amide bonds. The first-order valence-corrected chi connectivity index (χ1v) is 9.35. The fourth-order valence-electron chi connectivity index (χ4n) is 3.03. The van der Waals surface area contributed by atoms with E-state index in [0.717, 1.165) is 25.9 Å². The van der Waals surface area contributed by atoms with Gasteiger partial charge in [-0.1, -0.05) is 26.0 Å². The summed E-state index contributed by atoms with van der Waals surface area (Å²) >= 11 is 5.25. The third kappa shape index (κ3) is 3.88. The van der Waals surface area contributed by atoms with E-state index in [-0.39, 0.29) is 16.2 Å². The molecule has 0 bridgehead atoms. The van der Waals surface area contributed by atoms with Gasteiger partial charge in [0.05, 0.1) is 11.9 Å². The molecule has 0 atom stereocenters. The van der Waals surface area contributed by atoms with Crippen LogP contribution < -0.4 is 5.56 Å². The van der Waals surface area contributed by atoms with Crippen LogP contribution in [0.5, 0.6) is 5.88 Å². The molecule has 0 radical (unpaired) electrons. The van der Waals surface area contributed by atoms with Crippen molar-refractivity contribution in [1.82, 2.24) is 14.6 Å². The number of aromatic hydroxyl groups is 1. The van der Waals surface area contributed by atoms with E-state index in [1.165, 1.54) is 22.8 Å². The van der Waals surface area contributed by atoms with Crippen LogP contribution in [0, 0.1) is 4.77 Å². The van der Waals surface area contributed by atoms with Crippen molar-refractivity contribution in [2.75, 3.05) is 13.1 Å². The lowest BCUT2D eigenvalue weighted by Crippen LogP contribution is -2.25. The van der Waals surface area contributed by atoms with Gasteiger partial charge in [0.1, 0.15) is 5.56 Å². The van der Waals surface area contributed by atoms with E-state index >= 15 is 0 Å². The van der Waals surface area contributed by atoms with Gasteiger partial charge in [-0.25, -0.2) is 0 Å². The third-order valence-electron chi connectivity index (χ3n) is 4.62. The van der Waals surface area contributed by atoms with Crippen LogP contribution >= 0.6 is 12.2 Å². The van der Waals surface area contributed by atoms with Crippen LogP contribution in [0.2, 0.25) is 0 Å². The van der Waals surface area contributed by atoms with Gasteiger partial charge < -0.3 is 5.11 Å². The number of benzene rings is 1. The molecule has 1 aromatic carbocycles. The van der Waals surface area contributed by atoms with Crippen LogP contribution in [0.25, 0.3) is 5.69 Å². The first-order valence-electron chi connectivity index (χ1n) is 8.95. The molecule has 0 unspecified atom stereocenters. The van der Waals surface area contributed by atoms with Gasteiger partial charge in [0.15, 0.2) is 4.77 Å². The first kappa shape index (κ1) is 18.4. The Morgan fingerprint density at radius 1 is 1.19 bits per heavy atom. The number of nitrogens with one attached hydrogen (secondary N) is 1. The zero-order chi connectivity index (χ0) is 18.7. The van der Waals surface area contributed by atoms with Gasteiger partial charge in [-0.3, -0.25) is 19.4 Å². The largest absolute Gasteiger partial charge is 0.494 e. The van der Waals surface area contributed by atoms with Gasteiger partial charge in [0, 0.05) is 13.1 Å². The molecule has 0 spiro atoms. The highest BCUT2D eigenvalue weighted by atomic mass is 32.1. The molecule has 0 aliphatic carbocycles. The van der Waals surface area contributed by atoms with E-state index in [2.05, 4.69) is 23.9 Å². The summed E-state index contributed by atoms with van der Waals surface area (Å²) < 4.78 is 1.61. The lowest BCUT2D eigenvalue weighted by Gasteiger charge is -2.23. The number of aromatic amines is 1. The van der Waals surface area contributed by atoms with Crippen LogP contribution in [-0.4, -0.2) is 39.0 Å². The van der Waals surface area contributed by atoms with E-state index in [4.69, 9.17) is 12.2 Å². The Balaban J connectivity index is 1.99. The van der Waals surface area contributed by atoms with Crippen LogP contribution in [-0.2, 0) is 0 Å². The van der Waals surface area contributed by atoms with Gasteiger partial charge in [0.25, 0.3) is 5.56 Å². The number of H-pyrrole nitrogens is 1. The van der Waals surface area contributed by atoms with Crippen molar-refractivity contribution in [1.29, 1.82) is 0 Å². The minimum atomic E-state index is -0.441. The molecule has 0 saturated carbocycles. The molecule has 1 aliphatic heterocycles. The molecule has 2 aromatic rings. The Morgan fingerprint density at radius 3 is 2.46 bits per heavy atom. The Bertz CT molecular complexity index is 907. The van der Waals surface area contributed by atoms with E-state index in [9.17, 15) is 9.90 Å². The second-order valence-electron chi connectivity index (χ2n) is 6.84. The molecule has 1 saturated heterocycles. The lowest BCUT2D eigenvalue weighted by molar-refractivity contribution is 0.240. The molecule has 26 heavy (non-hydrogen) atoms. The van der Waals surface area contributed by atoms with Gasteiger partial charge in [-0.15, -0.1) is 0 Å². The number of aromatic nitrogens is 2. The van der Waals surface area contributed by atoms with Crippen molar-refractivity contribution < 1.29 is 5.11 Å². The first-order chi connectivity index (χ1) is 12.5. The molecule has 138 valence electrons. The van der Waals surface area contributed by atoms with Crippen LogP contribution in [0.4, 0.5) is 0 Å². The number of hydrogen-bond donors (Lipinski definition) is 2. The van der Waals surface area contributed by atoms with Gasteiger partial charge >= 0.3 is 0 Å². The van der Waals surface area contributed by atoms with E-state index in [1.807, 2.05) is 29.3 Å². The monoisotopic (exact) mass is 372 g/mol. The minimum Gasteiger partial charge on any atom is -0.494 e. The highest BCUT2D eigenvalue weighted by molar-refractivity contribution is 7.71. The van der Waals surface area contributed by atoms with Gasteiger partial charge in [-0.2, -0.15) is 5.10 Å². The average Bonchev–Trinajstić information content (AvgIpc) is 2.62. The number of nitrogens with zero attached hydrogens (tertiary/aromatic N) is 3. The summed E-state index contributed by atoms with van der Waals surface area (Å²) in [6.07, 6.45) is 4.81. The Labute approximate surface area is 157 Å². The van der Waals surface area contributed by atoms with Crippen molar-refractivity contribution >= 4 is 18.4 Å². The maximum atomic E-state index is 12.3. The predicted octanol–water partition coefficient (Wildman–Crippen LogP) is 3.54. The zero-order valence-electron chi connectivity index (χ0n) is 15.1. The van der Waals surface area contributed by atoms with Crippen LogP contribution in [0.15, 0.2) is 34.2 Å². The van der Waals surface area contributed by atoms with Gasteiger partial charge in [-0.05, 0) is 55.1 Å². The maximum absolute atomic E-state index is 12.3. The molecule has 6 nitrogen and oxygen atoms in total. The fourth-order valence-corrected chi connectivity index (χ4v) is 3.32. The molecule has 2 heterocycles. The average molecular weight is 372 g/mol. The molecule has 1 aromatic heterocycles. The second-order valence-corrected chi connectivity index (χ2v) is 7.22.